The minimum Gasteiger partial charge on any atom is -0.549 e. The third-order valence-electron chi connectivity index (χ3n) is 3.38. The minimum absolute atomic E-state index is 0. The van der Waals surface area contributed by atoms with Crippen molar-refractivity contribution < 1.29 is 81.0 Å². The van der Waals surface area contributed by atoms with Crippen LogP contribution in [0.15, 0.2) is 11.6 Å². The molecule has 2 unspecified atom stereocenters. The smallest absolute Gasteiger partial charge is 0.549 e. The molecule has 7 heteroatoms. The number of esters is 1. The van der Waals surface area contributed by atoms with Gasteiger partial charge in [-0.15, -0.1) is 0 Å². The summed E-state index contributed by atoms with van der Waals surface area (Å²) >= 11 is 0. The molecule has 0 aromatic rings. The van der Waals surface area contributed by atoms with Crippen molar-refractivity contribution in [3.05, 3.63) is 11.6 Å². The quantitative estimate of drug-likeness (QED) is 0.175. The van der Waals surface area contributed by atoms with Gasteiger partial charge in [-0.25, -0.2) is 0 Å². The first-order valence-electron chi connectivity index (χ1n) is 7.74. The first kappa shape index (κ1) is 25.5. The van der Waals surface area contributed by atoms with E-state index in [2.05, 4.69) is 6.92 Å². The summed E-state index contributed by atoms with van der Waals surface area (Å²) in [5.41, 5.74) is 0.580. The number of carbonyl (C=O) groups is 2. The Hall–Kier alpha value is 0.236. The molecule has 0 amide bonds. The number of hydrogen-bond donors (Lipinski definition) is 2. The predicted molar refractivity (Wildman–Crippen MR) is 79.7 cm³/mol. The maximum absolute atomic E-state index is 11.6. The van der Waals surface area contributed by atoms with Gasteiger partial charge in [-0.3, -0.25) is 4.79 Å². The first-order chi connectivity index (χ1) is 10.4. The van der Waals surface area contributed by atoms with Gasteiger partial charge in [0.05, 0.1) is 13.0 Å². The predicted octanol–water partition coefficient (Wildman–Crippen LogP) is -2.44. The number of allylic oxidation sites excluding steroid dienone is 1. The van der Waals surface area contributed by atoms with E-state index in [-0.39, 0.29) is 64.4 Å². The summed E-state index contributed by atoms with van der Waals surface area (Å²) in [7, 11) is 0. The Labute approximate surface area is 180 Å². The van der Waals surface area contributed by atoms with Crippen molar-refractivity contribution in [1.29, 1.82) is 0 Å². The first-order valence-corrected chi connectivity index (χ1v) is 7.74. The van der Waals surface area contributed by atoms with Crippen LogP contribution in [0.25, 0.3) is 0 Å². The number of ether oxygens (including phenoxy) is 1. The van der Waals surface area contributed by atoms with Crippen molar-refractivity contribution in [2.75, 3.05) is 13.2 Å². The van der Waals surface area contributed by atoms with Crippen LogP contribution in [0.4, 0.5) is 0 Å². The topological polar surface area (TPSA) is 107 Å². The third-order valence-corrected chi connectivity index (χ3v) is 3.38. The number of aliphatic hydroxyl groups excluding tert-OH is 2. The van der Waals surface area contributed by atoms with Gasteiger partial charge in [0.25, 0.3) is 0 Å². The molecule has 128 valence electrons. The summed E-state index contributed by atoms with van der Waals surface area (Å²) < 4.78 is 4.72. The largest absolute Gasteiger partial charge is 1.00 e. The number of unbranched alkanes of at least 4 members (excludes halogenated alkanes) is 4. The van der Waals surface area contributed by atoms with Gasteiger partial charge in [-0.1, -0.05) is 37.8 Å². The summed E-state index contributed by atoms with van der Waals surface area (Å²) in [5.74, 6) is -3.08. The van der Waals surface area contributed by atoms with Crippen LogP contribution in [0.2, 0.25) is 0 Å². The van der Waals surface area contributed by atoms with Gasteiger partial charge < -0.3 is 24.9 Å². The molecule has 0 saturated heterocycles. The van der Waals surface area contributed by atoms with Crippen molar-refractivity contribution in [1.82, 2.24) is 0 Å². The average molecular weight is 354 g/mol. The van der Waals surface area contributed by atoms with Gasteiger partial charge in [0.2, 0.25) is 0 Å². The number of rotatable bonds is 12. The SMILES string of the molecule is CCCCCCC=C(C)C(CC(=O)OCC(O)CO)C(=O)[O-].[K+]. The molecule has 0 saturated carbocycles. The number of aliphatic hydroxyl groups is 2. The van der Waals surface area contributed by atoms with Crippen molar-refractivity contribution in [3.63, 3.8) is 0 Å². The molecule has 0 aliphatic heterocycles. The van der Waals surface area contributed by atoms with E-state index in [1.807, 2.05) is 6.08 Å². The Bertz CT molecular complexity index is 370. The summed E-state index contributed by atoms with van der Waals surface area (Å²) in [6.45, 7) is 2.91. The average Bonchev–Trinajstić information content (AvgIpc) is 2.49. The number of carboxylic acid groups (broad SMARTS) is 1. The second kappa shape index (κ2) is 15.7. The van der Waals surface area contributed by atoms with Crippen LogP contribution in [0.5, 0.6) is 0 Å². The normalized spacial score (nSPS) is 13.8. The Morgan fingerprint density at radius 2 is 1.91 bits per heavy atom. The minimum atomic E-state index is -1.32. The zero-order valence-electron chi connectivity index (χ0n) is 14.4. The molecular formula is C16H27KO6. The Balaban J connectivity index is 0. The van der Waals surface area contributed by atoms with Crippen molar-refractivity contribution >= 4 is 11.9 Å². The van der Waals surface area contributed by atoms with Crippen LogP contribution < -0.4 is 56.5 Å². The molecule has 0 bridgehead atoms. The molecule has 0 aliphatic carbocycles. The molecule has 0 radical (unpaired) electrons. The summed E-state index contributed by atoms with van der Waals surface area (Å²) in [4.78, 5) is 22.7. The molecule has 0 fully saturated rings. The van der Waals surface area contributed by atoms with Gasteiger partial charge in [0.15, 0.2) is 0 Å². The van der Waals surface area contributed by atoms with Crippen molar-refractivity contribution in [2.45, 2.75) is 58.5 Å². The number of carboxylic acids is 1. The number of aliphatic carboxylic acids is 1. The zero-order chi connectivity index (χ0) is 17.0. The second-order valence-corrected chi connectivity index (χ2v) is 5.39. The van der Waals surface area contributed by atoms with Gasteiger partial charge >= 0.3 is 57.4 Å². The van der Waals surface area contributed by atoms with E-state index in [1.54, 1.807) is 6.92 Å². The standard InChI is InChI=1S/C16H28O6.K/c1-3-4-5-6-7-8-12(2)14(16(20)21)9-15(19)22-11-13(18)10-17;/h8,13-14,17-18H,3-7,9-11H2,1-2H3,(H,20,21);/q;+1/p-1. The molecule has 2 N–H and O–H groups in total. The number of carbonyl (C=O) groups excluding carboxylic acids is 2. The number of hydrogen-bond acceptors (Lipinski definition) is 6. The van der Waals surface area contributed by atoms with E-state index in [9.17, 15) is 14.7 Å². The van der Waals surface area contributed by atoms with Crippen LogP contribution in [0.3, 0.4) is 0 Å². The molecule has 23 heavy (non-hydrogen) atoms. The van der Waals surface area contributed by atoms with Gasteiger partial charge in [0.1, 0.15) is 12.7 Å². The Morgan fingerprint density at radius 1 is 1.26 bits per heavy atom. The van der Waals surface area contributed by atoms with Gasteiger partial charge in [0, 0.05) is 11.9 Å². The summed E-state index contributed by atoms with van der Waals surface area (Å²) in [5, 5.41) is 28.8. The van der Waals surface area contributed by atoms with E-state index in [4.69, 9.17) is 14.9 Å². The van der Waals surface area contributed by atoms with E-state index >= 15 is 0 Å². The molecule has 0 heterocycles. The fraction of sp³-hybridized carbons (Fsp3) is 0.750. The maximum atomic E-state index is 11.6. The third kappa shape index (κ3) is 13.2. The fourth-order valence-electron chi connectivity index (χ4n) is 1.94. The van der Waals surface area contributed by atoms with E-state index in [0.29, 0.717) is 5.57 Å². The van der Waals surface area contributed by atoms with Gasteiger partial charge in [-0.2, -0.15) is 0 Å². The maximum Gasteiger partial charge on any atom is 1.00 e. The van der Waals surface area contributed by atoms with E-state index in [0.717, 1.165) is 32.1 Å². The van der Waals surface area contributed by atoms with Gasteiger partial charge in [-0.05, 0) is 19.8 Å². The Kier molecular flexibility index (Phi) is 17.4. The van der Waals surface area contributed by atoms with E-state index in [1.165, 1.54) is 0 Å². The van der Waals surface area contributed by atoms with Crippen LogP contribution in [-0.4, -0.2) is 41.5 Å². The van der Waals surface area contributed by atoms with Crippen LogP contribution in [-0.2, 0) is 14.3 Å². The molecule has 0 aromatic heterocycles. The zero-order valence-corrected chi connectivity index (χ0v) is 17.5. The van der Waals surface area contributed by atoms with Crippen LogP contribution in [0.1, 0.15) is 52.4 Å². The van der Waals surface area contributed by atoms with E-state index < -0.39 is 30.6 Å². The molecule has 0 aromatic carbocycles. The molecule has 6 nitrogen and oxygen atoms in total. The summed E-state index contributed by atoms with van der Waals surface area (Å²) in [6, 6.07) is 0. The molecular weight excluding hydrogens is 327 g/mol. The summed E-state index contributed by atoms with van der Waals surface area (Å²) in [6.07, 6.45) is 5.47. The molecule has 0 aliphatic rings. The van der Waals surface area contributed by atoms with Crippen molar-refractivity contribution in [3.8, 4) is 0 Å². The molecule has 0 spiro atoms. The van der Waals surface area contributed by atoms with Crippen LogP contribution in [0, 0.1) is 5.92 Å². The van der Waals surface area contributed by atoms with Crippen molar-refractivity contribution in [2.24, 2.45) is 5.92 Å². The fourth-order valence-corrected chi connectivity index (χ4v) is 1.94. The Morgan fingerprint density at radius 3 is 2.43 bits per heavy atom. The molecule has 0 rings (SSSR count). The second-order valence-electron chi connectivity index (χ2n) is 5.39. The molecule has 2 atom stereocenters. The van der Waals surface area contributed by atoms with Crippen LogP contribution >= 0.6 is 0 Å². The monoisotopic (exact) mass is 354 g/mol.